The Hall–Kier alpha value is -8.46. The maximum absolute atomic E-state index is 11.7. The zero-order valence-electron chi connectivity index (χ0n) is 91.4. The molecular weight excluding hydrogens is 1870 g/mol. The summed E-state index contributed by atoms with van der Waals surface area (Å²) in [5.41, 5.74) is 32.9. The molecule has 768 valence electrons. The molecule has 0 aliphatic heterocycles. The van der Waals surface area contributed by atoms with E-state index in [0.717, 1.165) is 135 Å². The molecule has 0 aromatic heterocycles. The molecule has 6 N–H and O–H groups in total. The van der Waals surface area contributed by atoms with Crippen LogP contribution in [-0.2, 0) is 67.0 Å². The standard InChI is InChI=1S/3C44H56O2S2/c1-29-17-13-15-19-35(29)37-25-33(43(3,4)5)23-31(41(37)45)27-47-39-21-11-9-10-12-22-40(39)48-28-32-24-34(44(6,7)8)26-38(42(32)46)36-20-16-14-18-30(36)2;1-29-15-13-17-31(21-29)37-25-35(43(3,4)5)23-33(41(37)45)27-47-39-19-11-9-10-12-20-40(39)48-28-34-24-36(44(6,7)8)26-38(42(34)46)32-18-14-16-30(2)22-32;1-29-15-19-31(20-16-29)37-25-35(43(3,4)5)23-33(41(37)45)27-47-39-13-11-9-10-12-14-40(39)48-28-34-24-36(44(6,7)8)26-38(42(34)46)32-21-17-30(2)18-22-32/h13-20,23-26,39-40,45-46H,9-12,21-22,27-28H2,1-8H3;13-18,21-26,39-40,45-46H,9-12,19-20,27-28H2,1-8H3;15-26,39-40,45-46H,9-14,27-28H2,1-8H3/t3*39-,40?/m000/s1. The van der Waals surface area contributed by atoms with E-state index in [2.05, 4.69) is 385 Å². The van der Waals surface area contributed by atoms with E-state index in [1.54, 1.807) is 0 Å². The van der Waals surface area contributed by atoms with Crippen molar-refractivity contribution in [3.8, 4) is 101 Å². The first-order chi connectivity index (χ1) is 68.1. The van der Waals surface area contributed by atoms with Gasteiger partial charge in [-0.05, 0) is 227 Å². The minimum Gasteiger partial charge on any atom is -0.507 e. The lowest BCUT2D eigenvalue weighted by atomic mass is 9.83. The number of phenols is 6. The average Bonchev–Trinajstić information content (AvgIpc) is 0.774. The van der Waals surface area contributed by atoms with Gasteiger partial charge in [0.1, 0.15) is 34.5 Å². The van der Waals surface area contributed by atoms with Crippen molar-refractivity contribution in [2.24, 2.45) is 0 Å². The second-order valence-corrected chi connectivity index (χ2v) is 55.2. The Morgan fingerprint density at radius 3 is 0.604 bits per heavy atom. The Kier molecular flexibility index (Phi) is 39.0. The molecule has 0 bridgehead atoms. The largest absolute Gasteiger partial charge is 0.507 e. The normalized spacial score (nSPS) is 17.6. The zero-order valence-corrected chi connectivity index (χ0v) is 96.3. The summed E-state index contributed by atoms with van der Waals surface area (Å²) in [6.07, 6.45) is 22.4. The summed E-state index contributed by atoms with van der Waals surface area (Å²) in [7, 11) is 0. The molecule has 3 unspecified atom stereocenters. The molecule has 144 heavy (non-hydrogen) atoms. The fraction of sp³-hybridized carbons (Fsp3) is 0.455. The number of hydrogen-bond acceptors (Lipinski definition) is 12. The number of benzene rings is 12. The van der Waals surface area contributed by atoms with Crippen LogP contribution in [0.15, 0.2) is 218 Å². The molecule has 12 heteroatoms. The van der Waals surface area contributed by atoms with E-state index in [0.29, 0.717) is 66.0 Å². The Balaban J connectivity index is 0.000000181. The van der Waals surface area contributed by atoms with Gasteiger partial charge in [0.15, 0.2) is 0 Å². The van der Waals surface area contributed by atoms with Gasteiger partial charge < -0.3 is 30.6 Å². The lowest BCUT2D eigenvalue weighted by molar-refractivity contribution is 0.470. The van der Waals surface area contributed by atoms with Crippen molar-refractivity contribution in [2.75, 3.05) is 0 Å². The van der Waals surface area contributed by atoms with Crippen molar-refractivity contribution >= 4 is 70.6 Å². The van der Waals surface area contributed by atoms with Crippen LogP contribution in [0.2, 0.25) is 0 Å². The molecular formula is C132H168O6S6. The highest BCUT2D eigenvalue weighted by Crippen LogP contribution is 2.52. The first kappa shape index (κ1) is 113. The summed E-state index contributed by atoms with van der Waals surface area (Å²) in [4.78, 5) is 0. The summed E-state index contributed by atoms with van der Waals surface area (Å²) >= 11 is 12.2. The van der Waals surface area contributed by atoms with Crippen molar-refractivity contribution < 1.29 is 30.6 Å². The van der Waals surface area contributed by atoms with Crippen molar-refractivity contribution in [3.63, 3.8) is 0 Å². The van der Waals surface area contributed by atoms with E-state index in [1.165, 1.54) is 182 Å². The van der Waals surface area contributed by atoms with Gasteiger partial charge in [-0.2, -0.15) is 70.6 Å². The van der Waals surface area contributed by atoms with Gasteiger partial charge in [-0.15, -0.1) is 0 Å². The van der Waals surface area contributed by atoms with Crippen LogP contribution in [0, 0.1) is 41.5 Å². The van der Waals surface area contributed by atoms with Crippen molar-refractivity contribution in [1.82, 2.24) is 0 Å². The molecule has 3 saturated carbocycles. The van der Waals surface area contributed by atoms with Gasteiger partial charge >= 0.3 is 0 Å². The maximum Gasteiger partial charge on any atom is 0.127 e. The molecule has 12 aromatic carbocycles. The highest BCUT2D eigenvalue weighted by atomic mass is 32.2. The van der Waals surface area contributed by atoms with E-state index in [9.17, 15) is 30.6 Å². The van der Waals surface area contributed by atoms with Crippen LogP contribution in [0.25, 0.3) is 66.8 Å². The first-order valence-corrected chi connectivity index (χ1v) is 59.7. The summed E-state index contributed by atoms with van der Waals surface area (Å²) in [6.45, 7) is 53.3. The van der Waals surface area contributed by atoms with E-state index in [1.807, 2.05) is 70.6 Å². The Morgan fingerprint density at radius 2 is 0.396 bits per heavy atom. The zero-order chi connectivity index (χ0) is 104. The number of phenolic OH excluding ortho intramolecular Hbond substituents is 6. The van der Waals surface area contributed by atoms with E-state index >= 15 is 0 Å². The van der Waals surface area contributed by atoms with Crippen molar-refractivity contribution in [3.05, 3.63) is 319 Å². The summed E-state index contributed by atoms with van der Waals surface area (Å²) < 4.78 is 0. The summed E-state index contributed by atoms with van der Waals surface area (Å²) in [5.74, 6) is 7.27. The molecule has 0 amide bonds. The van der Waals surface area contributed by atoms with Gasteiger partial charge in [0.05, 0.1) is 0 Å². The summed E-state index contributed by atoms with van der Waals surface area (Å²) in [5, 5.41) is 73.0. The molecule has 0 spiro atoms. The summed E-state index contributed by atoms with van der Waals surface area (Å²) in [6, 6.07) is 77.4. The molecule has 6 atom stereocenters. The molecule has 0 heterocycles. The van der Waals surface area contributed by atoms with Gasteiger partial charge in [0.25, 0.3) is 0 Å². The molecule has 3 aliphatic rings. The van der Waals surface area contributed by atoms with Crippen LogP contribution in [0.3, 0.4) is 0 Å². The number of thioether (sulfide) groups is 6. The minimum absolute atomic E-state index is 0.0216. The van der Waals surface area contributed by atoms with E-state index < -0.39 is 0 Å². The predicted molar refractivity (Wildman–Crippen MR) is 635 cm³/mol. The van der Waals surface area contributed by atoms with Crippen molar-refractivity contribution in [1.29, 1.82) is 0 Å². The SMILES string of the molecule is Cc1ccc(-c2cc(C(C)(C)C)cc(CSC3CCCCCC[C@@H]3SCc3cc(C(C)(C)C)cc(-c4ccc(C)cc4)c3O)c2O)cc1.Cc1cccc(-c2cc(C(C)(C)C)cc(CSC3CCCCCC[C@@H]3SCc3cc(C(C)(C)C)cc(-c4cccc(C)c4)c3O)c2O)c1.Cc1ccccc1-c1cc(C(C)(C)C)cc(CSC2CCCCCC[C@@H]2SCc2cc(C(C)(C)C)cc(-c3ccccc3C)c2O)c1O. The van der Waals surface area contributed by atoms with Crippen LogP contribution in [-0.4, -0.2) is 62.1 Å². The predicted octanol–water partition coefficient (Wildman–Crippen LogP) is 38.7. The third-order valence-electron chi connectivity index (χ3n) is 29.7. The molecule has 3 fully saturated rings. The topological polar surface area (TPSA) is 121 Å². The fourth-order valence-electron chi connectivity index (χ4n) is 20.1. The van der Waals surface area contributed by atoms with Gasteiger partial charge in [-0.25, -0.2) is 0 Å². The molecule has 6 nitrogen and oxygen atoms in total. The van der Waals surface area contributed by atoms with Crippen LogP contribution < -0.4 is 0 Å². The third-order valence-corrected chi connectivity index (χ3v) is 39.1. The smallest absolute Gasteiger partial charge is 0.127 e. The molecule has 0 radical (unpaired) electrons. The Bertz CT molecular complexity index is 5920. The molecule has 3 aliphatic carbocycles. The third kappa shape index (κ3) is 30.2. The van der Waals surface area contributed by atoms with Gasteiger partial charge in [0.2, 0.25) is 0 Å². The van der Waals surface area contributed by atoms with E-state index in [-0.39, 0.29) is 32.5 Å². The van der Waals surface area contributed by atoms with Crippen LogP contribution >= 0.6 is 70.6 Å². The van der Waals surface area contributed by atoms with Crippen LogP contribution in [0.4, 0.5) is 0 Å². The molecule has 12 aromatic rings. The number of aromatic hydroxyl groups is 6. The van der Waals surface area contributed by atoms with E-state index in [4.69, 9.17) is 0 Å². The Labute approximate surface area is 893 Å². The monoisotopic (exact) mass is 2040 g/mol. The number of aryl methyl sites for hydroxylation is 6. The molecule has 0 saturated heterocycles. The second-order valence-electron chi connectivity index (χ2n) is 47.9. The maximum atomic E-state index is 11.7. The van der Waals surface area contributed by atoms with Crippen LogP contribution in [0.1, 0.15) is 340 Å². The highest BCUT2D eigenvalue weighted by Gasteiger charge is 2.34. The number of rotatable bonds is 24. The fourth-order valence-corrected chi connectivity index (χ4v) is 29.3. The lowest BCUT2D eigenvalue weighted by Crippen LogP contribution is -2.22. The van der Waals surface area contributed by atoms with Gasteiger partial charge in [0, 0.05) is 133 Å². The first-order valence-electron chi connectivity index (χ1n) is 53.4. The van der Waals surface area contributed by atoms with Gasteiger partial charge in [-0.3, -0.25) is 0 Å². The van der Waals surface area contributed by atoms with Gasteiger partial charge in [-0.1, -0.05) is 406 Å². The van der Waals surface area contributed by atoms with Crippen molar-refractivity contribution in [2.45, 2.75) is 380 Å². The Morgan fingerprint density at radius 1 is 0.194 bits per heavy atom. The second kappa shape index (κ2) is 49.8. The van der Waals surface area contributed by atoms with Crippen LogP contribution in [0.5, 0.6) is 34.5 Å². The lowest BCUT2D eigenvalue weighted by Gasteiger charge is -2.30. The molecule has 15 rings (SSSR count). The quantitative estimate of drug-likeness (QED) is 0.0346. The minimum atomic E-state index is -0.0239. The number of hydrogen-bond donors (Lipinski definition) is 6. The highest BCUT2D eigenvalue weighted by molar-refractivity contribution is 8.04. The average molecular weight is 2040 g/mol.